The van der Waals surface area contributed by atoms with Gasteiger partial charge in [-0.05, 0) is 56.2 Å². The number of rotatable bonds is 15. The number of carboxylic acids is 1. The van der Waals surface area contributed by atoms with Crippen LogP contribution in [0.4, 0.5) is 0 Å². The molecule has 2 N–H and O–H groups in total. The number of ether oxygens (including phenoxy) is 2. The summed E-state index contributed by atoms with van der Waals surface area (Å²) >= 11 is 0. The van der Waals surface area contributed by atoms with E-state index in [-0.39, 0.29) is 54.7 Å². The summed E-state index contributed by atoms with van der Waals surface area (Å²) in [5.74, 6) is -2.56. The fraction of sp³-hybridized carbons (Fsp3) is 0.594. The van der Waals surface area contributed by atoms with Gasteiger partial charge < -0.3 is 24.5 Å². The average Bonchev–Trinajstić information content (AvgIpc) is 2.94. The summed E-state index contributed by atoms with van der Waals surface area (Å²) in [6, 6.07) is 7.52. The molecule has 1 fully saturated rings. The summed E-state index contributed by atoms with van der Waals surface area (Å²) in [6.07, 6.45) is 0.979. The van der Waals surface area contributed by atoms with E-state index in [0.717, 1.165) is 5.56 Å². The summed E-state index contributed by atoms with van der Waals surface area (Å²) in [5, 5.41) is 23.2. The summed E-state index contributed by atoms with van der Waals surface area (Å²) in [5.41, 5.74) is 2.10. The molecule has 1 aromatic carbocycles. The summed E-state index contributed by atoms with van der Waals surface area (Å²) < 4.78 is 11.7. The predicted octanol–water partition coefficient (Wildman–Crippen LogP) is 4.66. The minimum Gasteiger partial charge on any atom is -0.493 e. The van der Waals surface area contributed by atoms with E-state index in [4.69, 9.17) is 19.4 Å². The van der Waals surface area contributed by atoms with Crippen LogP contribution < -0.4 is 4.74 Å². The van der Waals surface area contributed by atoms with Gasteiger partial charge in [0.15, 0.2) is 5.78 Å². The van der Waals surface area contributed by atoms with Gasteiger partial charge in [0.05, 0.1) is 30.8 Å². The second kappa shape index (κ2) is 15.6. The minimum absolute atomic E-state index is 0.0615. The molecular formula is C32H43NO9. The molecule has 3 rings (SSSR count). The Bertz CT molecular complexity index is 1190. The van der Waals surface area contributed by atoms with Gasteiger partial charge in [-0.2, -0.15) is 0 Å². The van der Waals surface area contributed by atoms with Crippen molar-refractivity contribution in [3.8, 4) is 5.75 Å². The zero-order valence-corrected chi connectivity index (χ0v) is 24.9. The Labute approximate surface area is 247 Å². The number of oxime groups is 1. The van der Waals surface area contributed by atoms with Gasteiger partial charge in [-0.25, -0.2) is 0 Å². The predicted molar refractivity (Wildman–Crippen MR) is 155 cm³/mol. The molecule has 42 heavy (non-hydrogen) atoms. The molecule has 2 aliphatic rings. The molecule has 0 heterocycles. The van der Waals surface area contributed by atoms with Gasteiger partial charge in [0.2, 0.25) is 0 Å². The standard InChI is InChI=1S/C32H43NO9/c1-5-19(3)32(39)42-29-14-13-26(33-41-18-21-9-7-8-10-28(21)40-6-2)25-17-27(36)20(4)24(31(25)29)12-11-22(34)15-23(35)16-30(37)38/h7-10,17,19-20,23-24,29,31,35H,5-6,11-16,18H2,1-4H3,(H,37,38). The number of aliphatic hydroxyl groups excluding tert-OH is 1. The normalized spacial score (nSPS) is 24.3. The van der Waals surface area contributed by atoms with Crippen molar-refractivity contribution in [2.45, 2.75) is 91.5 Å². The van der Waals surface area contributed by atoms with Gasteiger partial charge >= 0.3 is 11.9 Å². The molecule has 2 aliphatic carbocycles. The lowest BCUT2D eigenvalue weighted by molar-refractivity contribution is -0.158. The number of benzene rings is 1. The van der Waals surface area contributed by atoms with Gasteiger partial charge in [-0.3, -0.25) is 19.2 Å². The fourth-order valence-electron chi connectivity index (χ4n) is 5.65. The number of hydrogen-bond donors (Lipinski definition) is 2. The van der Waals surface area contributed by atoms with E-state index in [9.17, 15) is 24.3 Å². The van der Waals surface area contributed by atoms with Crippen LogP contribution >= 0.6 is 0 Å². The summed E-state index contributed by atoms with van der Waals surface area (Å²) in [7, 11) is 0. The average molecular weight is 586 g/mol. The van der Waals surface area contributed by atoms with E-state index in [1.54, 1.807) is 6.08 Å². The quantitative estimate of drug-likeness (QED) is 0.221. The third kappa shape index (κ3) is 8.74. The van der Waals surface area contributed by atoms with Crippen LogP contribution in [-0.2, 0) is 35.4 Å². The SMILES string of the molecule is CCOc1ccccc1CON=C1CCC(OC(=O)C(C)CC)C2C1=CC(=O)C(C)C2CCC(=O)CC(O)CC(=O)O. The highest BCUT2D eigenvalue weighted by molar-refractivity contribution is 6.08. The first kappa shape index (κ1) is 33.0. The molecule has 1 saturated carbocycles. The van der Waals surface area contributed by atoms with Gasteiger partial charge in [-0.1, -0.05) is 44.1 Å². The molecule has 0 bridgehead atoms. The molecule has 10 heteroatoms. The number of nitrogens with zero attached hydrogens (tertiary/aromatic N) is 1. The third-order valence-electron chi connectivity index (χ3n) is 8.19. The Kier molecular flexibility index (Phi) is 12.3. The minimum atomic E-state index is -1.27. The lowest BCUT2D eigenvalue weighted by Gasteiger charge is -2.43. The number of aliphatic hydroxyl groups is 1. The van der Waals surface area contributed by atoms with Gasteiger partial charge in [0.25, 0.3) is 0 Å². The van der Waals surface area contributed by atoms with Crippen LogP contribution in [0.1, 0.15) is 78.2 Å². The highest BCUT2D eigenvalue weighted by atomic mass is 16.6. The van der Waals surface area contributed by atoms with Crippen molar-refractivity contribution in [1.82, 2.24) is 0 Å². The number of aliphatic carboxylic acids is 1. The van der Waals surface area contributed by atoms with Crippen LogP contribution in [0.25, 0.3) is 0 Å². The second-order valence-electron chi connectivity index (χ2n) is 11.2. The van der Waals surface area contributed by atoms with E-state index in [1.165, 1.54) is 0 Å². The van der Waals surface area contributed by atoms with Crippen LogP contribution in [-0.4, -0.2) is 58.2 Å². The number of carboxylic acid groups (broad SMARTS) is 1. The van der Waals surface area contributed by atoms with Crippen molar-refractivity contribution in [3.05, 3.63) is 41.5 Å². The van der Waals surface area contributed by atoms with Gasteiger partial charge in [0, 0.05) is 30.2 Å². The Hall–Kier alpha value is -3.53. The molecule has 0 amide bonds. The zero-order valence-electron chi connectivity index (χ0n) is 24.9. The topological polar surface area (TPSA) is 149 Å². The summed E-state index contributed by atoms with van der Waals surface area (Å²) in [6.45, 7) is 8.13. The maximum absolute atomic E-state index is 13.2. The molecule has 0 spiro atoms. The van der Waals surface area contributed by atoms with Crippen molar-refractivity contribution in [1.29, 1.82) is 0 Å². The van der Waals surface area contributed by atoms with Gasteiger partial charge in [0.1, 0.15) is 24.2 Å². The highest BCUT2D eigenvalue weighted by Gasteiger charge is 2.46. The van der Waals surface area contributed by atoms with E-state index in [2.05, 4.69) is 5.16 Å². The molecule has 1 aromatic rings. The van der Waals surface area contributed by atoms with Crippen molar-refractivity contribution < 1.29 is 43.7 Å². The molecule has 0 aliphatic heterocycles. The molecular weight excluding hydrogens is 542 g/mol. The number of hydrogen-bond acceptors (Lipinski definition) is 9. The highest BCUT2D eigenvalue weighted by Crippen LogP contribution is 2.44. The Balaban J connectivity index is 1.84. The molecule has 230 valence electrons. The number of allylic oxidation sites excluding steroid dienone is 1. The Morgan fingerprint density at radius 2 is 1.88 bits per heavy atom. The van der Waals surface area contributed by atoms with Crippen LogP contribution in [0.5, 0.6) is 5.75 Å². The largest absolute Gasteiger partial charge is 0.493 e. The first-order chi connectivity index (χ1) is 20.0. The van der Waals surface area contributed by atoms with Crippen molar-refractivity contribution >= 4 is 29.2 Å². The number of para-hydroxylation sites is 1. The molecule has 10 nitrogen and oxygen atoms in total. The molecule has 6 unspecified atom stereocenters. The molecule has 6 atom stereocenters. The molecule has 0 saturated heterocycles. The number of carbonyl (C=O) groups is 4. The van der Waals surface area contributed by atoms with E-state index in [1.807, 2.05) is 52.0 Å². The first-order valence-electron chi connectivity index (χ1n) is 14.8. The van der Waals surface area contributed by atoms with E-state index < -0.39 is 30.5 Å². The third-order valence-corrected chi connectivity index (χ3v) is 8.19. The number of Topliss-reactive ketones (excluding diaryl/α,β-unsaturated/α-hetero) is 1. The number of ketones is 2. The maximum Gasteiger partial charge on any atom is 0.308 e. The first-order valence-corrected chi connectivity index (χ1v) is 14.8. The lowest BCUT2D eigenvalue weighted by Crippen LogP contribution is -2.46. The van der Waals surface area contributed by atoms with Crippen LogP contribution in [0, 0.1) is 23.7 Å². The van der Waals surface area contributed by atoms with Crippen LogP contribution in [0.2, 0.25) is 0 Å². The molecule has 0 radical (unpaired) electrons. The number of carbonyl (C=O) groups excluding carboxylic acids is 3. The zero-order chi connectivity index (χ0) is 30.8. The second-order valence-corrected chi connectivity index (χ2v) is 11.2. The van der Waals surface area contributed by atoms with Crippen LogP contribution in [0.3, 0.4) is 0 Å². The Morgan fingerprint density at radius 3 is 2.57 bits per heavy atom. The van der Waals surface area contributed by atoms with Crippen molar-refractivity contribution in [2.75, 3.05) is 6.61 Å². The molecule has 0 aromatic heterocycles. The van der Waals surface area contributed by atoms with Crippen LogP contribution in [0.15, 0.2) is 41.1 Å². The fourth-order valence-corrected chi connectivity index (χ4v) is 5.65. The Morgan fingerprint density at radius 1 is 1.14 bits per heavy atom. The van der Waals surface area contributed by atoms with E-state index in [0.29, 0.717) is 49.3 Å². The van der Waals surface area contributed by atoms with Gasteiger partial charge in [-0.15, -0.1) is 0 Å². The van der Waals surface area contributed by atoms with E-state index >= 15 is 0 Å². The monoisotopic (exact) mass is 585 g/mol. The van der Waals surface area contributed by atoms with Crippen molar-refractivity contribution in [3.63, 3.8) is 0 Å². The number of fused-ring (bicyclic) bond motifs is 1. The maximum atomic E-state index is 13.2. The summed E-state index contributed by atoms with van der Waals surface area (Å²) in [4.78, 5) is 55.3. The van der Waals surface area contributed by atoms with Crippen molar-refractivity contribution in [2.24, 2.45) is 28.8 Å². The number of esters is 1. The smallest absolute Gasteiger partial charge is 0.308 e. The lowest BCUT2D eigenvalue weighted by atomic mass is 9.63.